The minimum absolute atomic E-state index is 0.0468. The van der Waals surface area contributed by atoms with E-state index in [9.17, 15) is 13.6 Å². The molecule has 0 radical (unpaired) electrons. The fourth-order valence-electron chi connectivity index (χ4n) is 1.52. The fraction of sp³-hybridized carbons (Fsp3) is 0.0909. The molecule has 0 amide bonds. The molecule has 0 saturated heterocycles. The Kier molecular flexibility index (Phi) is 2.63. The molecule has 0 aliphatic carbocycles. The quantitative estimate of drug-likeness (QED) is 0.874. The molecule has 2 rings (SSSR count). The summed E-state index contributed by atoms with van der Waals surface area (Å²) in [5.74, 6) is -2.65. The van der Waals surface area contributed by atoms with Gasteiger partial charge >= 0.3 is 5.97 Å². The van der Waals surface area contributed by atoms with Crippen molar-refractivity contribution in [2.75, 3.05) is 0 Å². The van der Waals surface area contributed by atoms with E-state index in [1.165, 1.54) is 6.92 Å². The Morgan fingerprint density at radius 1 is 1.41 bits per heavy atom. The van der Waals surface area contributed by atoms with Gasteiger partial charge in [-0.1, -0.05) is 5.16 Å². The standard InChI is InChI=1S/C11H7F2NO3/c1-5-9(10(11(15)16)14-17-5)7-4-6(12)2-3-8(7)13/h2-4H,1H3,(H,15,16). The first-order valence-corrected chi connectivity index (χ1v) is 4.65. The van der Waals surface area contributed by atoms with Gasteiger partial charge in [0.1, 0.15) is 17.4 Å². The predicted octanol–water partition coefficient (Wildman–Crippen LogP) is 2.63. The molecular formula is C11H7F2NO3. The number of hydrogen-bond acceptors (Lipinski definition) is 3. The van der Waals surface area contributed by atoms with Crippen LogP contribution in [0.1, 0.15) is 16.2 Å². The molecular weight excluding hydrogens is 232 g/mol. The maximum absolute atomic E-state index is 13.5. The number of halogens is 2. The molecule has 0 aliphatic rings. The van der Waals surface area contributed by atoms with Gasteiger partial charge in [0.25, 0.3) is 0 Å². The van der Waals surface area contributed by atoms with Crippen LogP contribution in [0.5, 0.6) is 0 Å². The molecule has 0 saturated carbocycles. The van der Waals surface area contributed by atoms with E-state index in [-0.39, 0.29) is 16.9 Å². The molecule has 6 heteroatoms. The Bertz CT molecular complexity index is 592. The Morgan fingerprint density at radius 2 is 2.12 bits per heavy atom. The van der Waals surface area contributed by atoms with Crippen molar-refractivity contribution in [3.63, 3.8) is 0 Å². The highest BCUT2D eigenvalue weighted by molar-refractivity contribution is 5.94. The van der Waals surface area contributed by atoms with Crippen LogP contribution < -0.4 is 0 Å². The van der Waals surface area contributed by atoms with Crippen molar-refractivity contribution in [2.24, 2.45) is 0 Å². The number of aromatic nitrogens is 1. The van der Waals surface area contributed by atoms with Gasteiger partial charge in [0.2, 0.25) is 0 Å². The molecule has 88 valence electrons. The van der Waals surface area contributed by atoms with E-state index >= 15 is 0 Å². The van der Waals surface area contributed by atoms with Crippen LogP contribution >= 0.6 is 0 Å². The molecule has 1 aromatic heterocycles. The van der Waals surface area contributed by atoms with E-state index in [1.807, 2.05) is 0 Å². The van der Waals surface area contributed by atoms with Gasteiger partial charge in [0.15, 0.2) is 5.69 Å². The molecule has 1 heterocycles. The summed E-state index contributed by atoms with van der Waals surface area (Å²) in [4.78, 5) is 10.9. The number of rotatable bonds is 2. The van der Waals surface area contributed by atoms with Crippen molar-refractivity contribution in [3.05, 3.63) is 41.3 Å². The molecule has 2 aromatic rings. The normalized spacial score (nSPS) is 10.5. The average Bonchev–Trinajstić information content (AvgIpc) is 2.64. The summed E-state index contributed by atoms with van der Waals surface area (Å²) in [6, 6.07) is 2.77. The van der Waals surface area contributed by atoms with Gasteiger partial charge in [-0.3, -0.25) is 0 Å². The van der Waals surface area contributed by atoms with Gasteiger partial charge in [0, 0.05) is 5.56 Å². The van der Waals surface area contributed by atoms with E-state index < -0.39 is 23.3 Å². The van der Waals surface area contributed by atoms with Gasteiger partial charge in [-0.15, -0.1) is 0 Å². The number of nitrogens with zero attached hydrogens (tertiary/aromatic N) is 1. The highest BCUT2D eigenvalue weighted by Gasteiger charge is 2.23. The lowest BCUT2D eigenvalue weighted by molar-refractivity contribution is 0.0686. The highest BCUT2D eigenvalue weighted by atomic mass is 19.1. The first-order valence-electron chi connectivity index (χ1n) is 4.65. The van der Waals surface area contributed by atoms with Gasteiger partial charge in [-0.05, 0) is 25.1 Å². The smallest absolute Gasteiger partial charge is 0.358 e. The van der Waals surface area contributed by atoms with Gasteiger partial charge in [-0.25, -0.2) is 13.6 Å². The fourth-order valence-corrected chi connectivity index (χ4v) is 1.52. The van der Waals surface area contributed by atoms with Crippen molar-refractivity contribution < 1.29 is 23.2 Å². The maximum Gasteiger partial charge on any atom is 0.358 e. The number of carboxylic acids is 1. The molecule has 0 unspecified atom stereocenters. The molecule has 1 aromatic carbocycles. The molecule has 0 bridgehead atoms. The molecule has 1 N–H and O–H groups in total. The maximum atomic E-state index is 13.5. The van der Waals surface area contributed by atoms with Crippen LogP contribution in [0.4, 0.5) is 8.78 Å². The van der Waals surface area contributed by atoms with Crippen molar-refractivity contribution in [1.82, 2.24) is 5.16 Å². The predicted molar refractivity (Wildman–Crippen MR) is 53.6 cm³/mol. The van der Waals surface area contributed by atoms with Crippen LogP contribution in [0.3, 0.4) is 0 Å². The number of carboxylic acid groups (broad SMARTS) is 1. The summed E-state index contributed by atoms with van der Waals surface area (Å²) < 4.78 is 31.3. The zero-order chi connectivity index (χ0) is 12.6. The third-order valence-corrected chi connectivity index (χ3v) is 2.26. The second-order valence-corrected chi connectivity index (χ2v) is 3.39. The van der Waals surface area contributed by atoms with Crippen LogP contribution in [-0.4, -0.2) is 16.2 Å². The molecule has 0 aliphatic heterocycles. The third-order valence-electron chi connectivity index (χ3n) is 2.26. The first kappa shape index (κ1) is 11.3. The number of benzene rings is 1. The van der Waals surface area contributed by atoms with Gasteiger partial charge in [0.05, 0.1) is 5.56 Å². The Morgan fingerprint density at radius 3 is 2.76 bits per heavy atom. The molecule has 4 nitrogen and oxygen atoms in total. The van der Waals surface area contributed by atoms with E-state index in [2.05, 4.69) is 9.68 Å². The summed E-state index contributed by atoms with van der Waals surface area (Å²) in [5, 5.41) is 12.2. The third kappa shape index (κ3) is 1.89. The van der Waals surface area contributed by atoms with Gasteiger partial charge < -0.3 is 9.63 Å². The summed E-state index contributed by atoms with van der Waals surface area (Å²) >= 11 is 0. The average molecular weight is 239 g/mol. The largest absolute Gasteiger partial charge is 0.476 e. The van der Waals surface area contributed by atoms with Gasteiger partial charge in [-0.2, -0.15) is 0 Å². The van der Waals surface area contributed by atoms with E-state index in [4.69, 9.17) is 5.11 Å². The second kappa shape index (κ2) is 3.97. The SMILES string of the molecule is Cc1onc(C(=O)O)c1-c1cc(F)ccc1F. The second-order valence-electron chi connectivity index (χ2n) is 3.39. The van der Waals surface area contributed by atoms with Crippen LogP contribution in [0.15, 0.2) is 22.7 Å². The minimum atomic E-state index is -1.36. The Labute approximate surface area is 94.5 Å². The summed E-state index contributed by atoms with van der Waals surface area (Å²) in [7, 11) is 0. The summed E-state index contributed by atoms with van der Waals surface area (Å²) in [6.45, 7) is 1.43. The molecule has 0 atom stereocenters. The lowest BCUT2D eigenvalue weighted by Gasteiger charge is -2.02. The molecule has 0 spiro atoms. The number of aryl methyl sites for hydroxylation is 1. The van der Waals surface area contributed by atoms with Crippen LogP contribution in [0.2, 0.25) is 0 Å². The van der Waals surface area contributed by atoms with E-state index in [0.29, 0.717) is 0 Å². The summed E-state index contributed by atoms with van der Waals surface area (Å²) in [6.07, 6.45) is 0. The van der Waals surface area contributed by atoms with Crippen LogP contribution in [-0.2, 0) is 0 Å². The van der Waals surface area contributed by atoms with Crippen LogP contribution in [0, 0.1) is 18.6 Å². The van der Waals surface area contributed by atoms with E-state index in [1.54, 1.807) is 0 Å². The van der Waals surface area contributed by atoms with Crippen molar-refractivity contribution in [3.8, 4) is 11.1 Å². The topological polar surface area (TPSA) is 63.3 Å². The van der Waals surface area contributed by atoms with Crippen molar-refractivity contribution in [1.29, 1.82) is 0 Å². The van der Waals surface area contributed by atoms with E-state index in [0.717, 1.165) is 18.2 Å². The zero-order valence-corrected chi connectivity index (χ0v) is 8.70. The number of hydrogen-bond donors (Lipinski definition) is 1. The Balaban J connectivity index is 2.71. The first-order chi connectivity index (χ1) is 8.00. The lowest BCUT2D eigenvalue weighted by Crippen LogP contribution is -2.00. The number of carbonyl (C=O) groups is 1. The Hall–Kier alpha value is -2.24. The lowest BCUT2D eigenvalue weighted by atomic mass is 10.0. The van der Waals surface area contributed by atoms with Crippen molar-refractivity contribution in [2.45, 2.75) is 6.92 Å². The van der Waals surface area contributed by atoms with Crippen LogP contribution in [0.25, 0.3) is 11.1 Å². The monoisotopic (exact) mass is 239 g/mol. The summed E-state index contributed by atoms with van der Waals surface area (Å²) in [5.41, 5.74) is -0.664. The minimum Gasteiger partial charge on any atom is -0.476 e. The molecule has 0 fully saturated rings. The zero-order valence-electron chi connectivity index (χ0n) is 8.70. The molecule has 17 heavy (non-hydrogen) atoms. The van der Waals surface area contributed by atoms with Crippen molar-refractivity contribution >= 4 is 5.97 Å². The number of aromatic carboxylic acids is 1. The highest BCUT2D eigenvalue weighted by Crippen LogP contribution is 2.30.